The molecule has 3 aromatic rings. The quantitative estimate of drug-likeness (QED) is 0.213. The molecule has 0 unspecified atom stereocenters. The Balaban J connectivity index is 1.29. The molecule has 0 N–H and O–H groups in total. The maximum Gasteiger partial charge on any atom is 0.257 e. The van der Waals surface area contributed by atoms with Crippen molar-refractivity contribution in [1.29, 1.82) is 0 Å². The lowest BCUT2D eigenvalue weighted by molar-refractivity contribution is 0.0777. The number of hydrogen-bond acceptors (Lipinski definition) is 4. The van der Waals surface area contributed by atoms with Crippen LogP contribution in [0, 0.1) is 0 Å². The van der Waals surface area contributed by atoms with E-state index in [-0.39, 0.29) is 11.8 Å². The van der Waals surface area contributed by atoms with E-state index in [0.29, 0.717) is 33.8 Å². The van der Waals surface area contributed by atoms with Crippen molar-refractivity contribution in [3.63, 3.8) is 0 Å². The van der Waals surface area contributed by atoms with Crippen LogP contribution in [0.3, 0.4) is 0 Å². The highest BCUT2D eigenvalue weighted by Crippen LogP contribution is 2.35. The number of likely N-dealkylation sites (tertiary alicyclic amines) is 1. The van der Waals surface area contributed by atoms with Crippen LogP contribution in [0.2, 0.25) is 10.0 Å². The first-order chi connectivity index (χ1) is 20.8. The van der Waals surface area contributed by atoms with E-state index in [9.17, 15) is 9.35 Å². The van der Waals surface area contributed by atoms with E-state index in [4.69, 9.17) is 27.9 Å². The van der Waals surface area contributed by atoms with Gasteiger partial charge in [-0.1, -0.05) is 53.5 Å². The number of fused-ring (bicyclic) bond motifs is 1. The number of halogens is 2. The molecule has 3 aromatic carbocycles. The molecule has 8 heteroatoms. The van der Waals surface area contributed by atoms with Crippen molar-refractivity contribution in [3.05, 3.63) is 92.5 Å². The number of benzene rings is 3. The van der Waals surface area contributed by atoms with Gasteiger partial charge in [-0.15, -0.1) is 0 Å². The lowest BCUT2D eigenvalue weighted by Crippen LogP contribution is -2.36. The molecule has 5 rings (SSSR count). The van der Waals surface area contributed by atoms with E-state index in [0.717, 1.165) is 80.6 Å². The summed E-state index contributed by atoms with van der Waals surface area (Å²) in [5.74, 6) is 1.18. The van der Waals surface area contributed by atoms with Crippen LogP contribution in [-0.2, 0) is 24.0 Å². The summed E-state index contributed by atoms with van der Waals surface area (Å²) in [7, 11) is 3.54. The molecule has 0 spiro atoms. The zero-order valence-corrected chi connectivity index (χ0v) is 27.7. The molecular formula is C35H42Cl2N2O3S. The summed E-state index contributed by atoms with van der Waals surface area (Å²) in [6, 6.07) is 18.1. The Labute approximate surface area is 269 Å². The fourth-order valence-electron chi connectivity index (χ4n) is 6.83. The maximum absolute atomic E-state index is 14.0. The summed E-state index contributed by atoms with van der Waals surface area (Å²) < 4.78 is 18.0. The van der Waals surface area contributed by atoms with Crippen molar-refractivity contribution in [3.8, 4) is 5.75 Å². The van der Waals surface area contributed by atoms with Crippen LogP contribution in [0.25, 0.3) is 0 Å². The SMILES string of the molecule is COc1ccc2c(c1C(=O)N(C)C[C@@H](CCN1CCC(c3ccccc3[S@+](C)[O-])CC1)c1ccc(Cl)c(Cl)c1)CCCC2. The lowest BCUT2D eigenvalue weighted by Gasteiger charge is -2.34. The van der Waals surface area contributed by atoms with Gasteiger partial charge in [0.1, 0.15) is 12.0 Å². The molecule has 2 atom stereocenters. The summed E-state index contributed by atoms with van der Waals surface area (Å²) in [4.78, 5) is 19.3. The van der Waals surface area contributed by atoms with Crippen LogP contribution in [0.1, 0.15) is 76.6 Å². The number of nitrogens with zero attached hydrogens (tertiary/aromatic N) is 2. The van der Waals surface area contributed by atoms with Crippen LogP contribution in [0.15, 0.2) is 59.5 Å². The Morgan fingerprint density at radius 1 is 1.07 bits per heavy atom. The number of piperidine rings is 1. The molecule has 1 heterocycles. The smallest absolute Gasteiger partial charge is 0.257 e. The fraction of sp³-hybridized carbons (Fsp3) is 0.457. The van der Waals surface area contributed by atoms with Gasteiger partial charge in [0.2, 0.25) is 0 Å². The molecule has 0 saturated carbocycles. The zero-order valence-electron chi connectivity index (χ0n) is 25.4. The Bertz CT molecular complexity index is 1420. The molecule has 0 radical (unpaired) electrons. The Morgan fingerprint density at radius 2 is 1.81 bits per heavy atom. The van der Waals surface area contributed by atoms with Crippen molar-refractivity contribution >= 4 is 40.3 Å². The molecule has 1 amide bonds. The Kier molecular flexibility index (Phi) is 11.0. The minimum absolute atomic E-state index is 0.00783. The van der Waals surface area contributed by atoms with Crippen molar-refractivity contribution in [2.45, 2.75) is 61.7 Å². The van der Waals surface area contributed by atoms with Gasteiger partial charge in [0.25, 0.3) is 5.91 Å². The van der Waals surface area contributed by atoms with Crippen LogP contribution in [0.5, 0.6) is 5.75 Å². The van der Waals surface area contributed by atoms with Crippen LogP contribution >= 0.6 is 23.2 Å². The average Bonchev–Trinajstić information content (AvgIpc) is 3.03. The first-order valence-corrected chi connectivity index (χ1v) is 17.6. The number of hydrogen-bond donors (Lipinski definition) is 0. The number of amides is 1. The number of aryl methyl sites for hydroxylation is 1. The fourth-order valence-corrected chi connectivity index (χ4v) is 7.97. The van der Waals surface area contributed by atoms with Gasteiger partial charge in [-0.2, -0.15) is 0 Å². The topological polar surface area (TPSA) is 55.8 Å². The molecule has 1 aliphatic carbocycles. The standard InChI is InChI=1S/C35H42Cl2N2O3S/c1-38(35(40)34-29-10-5-4-8-24(29)13-15-32(34)42-2)23-27(26-12-14-30(36)31(37)22-26)18-21-39-19-16-25(17-20-39)28-9-6-7-11-33(28)43(3)41/h6-7,9,11-15,22,25,27H,4-5,8,10,16-21,23H2,1-3H3/t27-,43+/m1/s1. The molecule has 1 fully saturated rings. The number of methoxy groups -OCH3 is 1. The van der Waals surface area contributed by atoms with E-state index in [2.05, 4.69) is 23.1 Å². The van der Waals surface area contributed by atoms with Gasteiger partial charge in [0.05, 0.1) is 22.7 Å². The first kappa shape index (κ1) is 32.2. The molecule has 0 bridgehead atoms. The second-order valence-electron chi connectivity index (χ2n) is 11.9. The Morgan fingerprint density at radius 3 is 2.53 bits per heavy atom. The van der Waals surface area contributed by atoms with Gasteiger partial charge in [0, 0.05) is 25.1 Å². The van der Waals surface area contributed by atoms with E-state index >= 15 is 0 Å². The molecule has 2 aliphatic rings. The summed E-state index contributed by atoms with van der Waals surface area (Å²) >= 11 is 11.8. The third-order valence-corrected chi connectivity index (χ3v) is 11.0. The highest BCUT2D eigenvalue weighted by Gasteiger charge is 2.29. The van der Waals surface area contributed by atoms with Gasteiger partial charge in [-0.25, -0.2) is 0 Å². The molecule has 230 valence electrons. The Hall–Kier alpha value is -2.22. The summed E-state index contributed by atoms with van der Waals surface area (Å²) in [5.41, 5.74) is 5.44. The first-order valence-electron chi connectivity index (χ1n) is 15.3. The van der Waals surface area contributed by atoms with E-state index in [1.165, 1.54) is 11.1 Å². The zero-order chi connectivity index (χ0) is 30.5. The van der Waals surface area contributed by atoms with Gasteiger partial charge >= 0.3 is 0 Å². The predicted molar refractivity (Wildman–Crippen MR) is 178 cm³/mol. The van der Waals surface area contributed by atoms with Crippen LogP contribution in [0.4, 0.5) is 0 Å². The van der Waals surface area contributed by atoms with Crippen LogP contribution in [-0.4, -0.2) is 66.9 Å². The molecule has 43 heavy (non-hydrogen) atoms. The third kappa shape index (κ3) is 7.54. The monoisotopic (exact) mass is 640 g/mol. The highest BCUT2D eigenvalue weighted by molar-refractivity contribution is 7.90. The summed E-state index contributed by atoms with van der Waals surface area (Å²) in [5, 5.41) is 1.06. The lowest BCUT2D eigenvalue weighted by atomic mass is 9.87. The van der Waals surface area contributed by atoms with Crippen LogP contribution < -0.4 is 4.74 Å². The van der Waals surface area contributed by atoms with E-state index < -0.39 is 11.2 Å². The van der Waals surface area contributed by atoms with Gasteiger partial charge < -0.3 is 19.1 Å². The minimum atomic E-state index is -0.986. The van der Waals surface area contributed by atoms with Crippen molar-refractivity contribution in [2.75, 3.05) is 46.6 Å². The summed E-state index contributed by atoms with van der Waals surface area (Å²) in [6.07, 6.45) is 8.91. The number of ether oxygens (including phenoxy) is 1. The maximum atomic E-state index is 14.0. The second-order valence-corrected chi connectivity index (χ2v) is 14.1. The van der Waals surface area contributed by atoms with Gasteiger partial charge in [-0.3, -0.25) is 4.79 Å². The predicted octanol–water partition coefficient (Wildman–Crippen LogP) is 7.74. The number of likely N-dealkylation sites (N-methyl/N-ethyl adjacent to an activating group) is 1. The molecule has 5 nitrogen and oxygen atoms in total. The second kappa shape index (κ2) is 14.7. The molecular weight excluding hydrogens is 599 g/mol. The average molecular weight is 642 g/mol. The number of rotatable bonds is 10. The van der Waals surface area contributed by atoms with E-state index in [1.54, 1.807) is 13.4 Å². The third-order valence-electron chi connectivity index (χ3n) is 9.23. The number of carbonyl (C=O) groups is 1. The van der Waals surface area contributed by atoms with Crippen molar-refractivity contribution in [2.24, 2.45) is 0 Å². The molecule has 1 saturated heterocycles. The van der Waals surface area contributed by atoms with Gasteiger partial charge in [0.15, 0.2) is 4.90 Å². The van der Waals surface area contributed by atoms with Crippen molar-refractivity contribution in [1.82, 2.24) is 9.80 Å². The minimum Gasteiger partial charge on any atom is -0.612 e. The van der Waals surface area contributed by atoms with Gasteiger partial charge in [-0.05, 0) is 123 Å². The van der Waals surface area contributed by atoms with Crippen molar-refractivity contribution < 1.29 is 14.1 Å². The largest absolute Gasteiger partial charge is 0.612 e. The number of carbonyl (C=O) groups excluding carboxylic acids is 1. The normalized spacial score (nSPS) is 17.3. The van der Waals surface area contributed by atoms with E-state index in [1.807, 2.05) is 48.3 Å². The molecule has 0 aromatic heterocycles. The highest BCUT2D eigenvalue weighted by atomic mass is 35.5. The molecule has 1 aliphatic heterocycles. The summed E-state index contributed by atoms with van der Waals surface area (Å²) in [6.45, 7) is 3.47.